The Balaban J connectivity index is 0.000000370. The molecule has 0 saturated heterocycles. The first-order valence-corrected chi connectivity index (χ1v) is 5.11. The fourth-order valence-electron chi connectivity index (χ4n) is 1.07. The summed E-state index contributed by atoms with van der Waals surface area (Å²) in [6.45, 7) is 0. The molecule has 0 aliphatic carbocycles. The van der Waals surface area contributed by atoms with Gasteiger partial charge < -0.3 is 15.2 Å². The van der Waals surface area contributed by atoms with Gasteiger partial charge in [0.05, 0.1) is 0 Å². The molecule has 0 fully saturated rings. The molecule has 0 radical (unpaired) electrons. The number of hydrogen-bond acceptors (Lipinski definition) is 5. The van der Waals surface area contributed by atoms with Gasteiger partial charge in [-0.05, 0) is 12.1 Å². The Morgan fingerprint density at radius 2 is 1.71 bits per heavy atom. The fraction of sp³-hybridized carbons (Fsp3) is 0. The van der Waals surface area contributed by atoms with Crippen LogP contribution in [-0.2, 0) is 19.5 Å². The number of carbonyl (C=O) groups is 2. The third kappa shape index (κ3) is 6.39. The summed E-state index contributed by atoms with van der Waals surface area (Å²) in [5, 5.41) is 16.6. The fourth-order valence-corrected chi connectivity index (χ4v) is 1.07. The van der Waals surface area contributed by atoms with E-state index in [1.165, 1.54) is 12.3 Å². The minimum absolute atomic E-state index is 0. The minimum atomic E-state index is -1.34. The SMILES string of the molecule is O=C(O)c1cc(=O)[nH]c(=O)[nH]1.O=C(O)c1ccccn1.[Zn]. The Labute approximate surface area is 129 Å². The molecule has 0 aromatic carbocycles. The monoisotopic (exact) mass is 343 g/mol. The Morgan fingerprint density at radius 1 is 1.05 bits per heavy atom. The Kier molecular flexibility index (Phi) is 7.48. The van der Waals surface area contributed by atoms with E-state index < -0.39 is 28.9 Å². The molecule has 2 aromatic rings. The number of aromatic carboxylic acids is 2. The Hall–Kier alpha value is -2.61. The van der Waals surface area contributed by atoms with Crippen LogP contribution in [-0.4, -0.2) is 37.1 Å². The van der Waals surface area contributed by atoms with E-state index in [-0.39, 0.29) is 25.2 Å². The maximum atomic E-state index is 10.5. The van der Waals surface area contributed by atoms with E-state index >= 15 is 0 Å². The van der Waals surface area contributed by atoms with Gasteiger partial charge in [0, 0.05) is 31.7 Å². The van der Waals surface area contributed by atoms with E-state index in [0.717, 1.165) is 6.07 Å². The smallest absolute Gasteiger partial charge is 0.354 e. The number of nitrogens with one attached hydrogen (secondary N) is 2. The molecule has 0 atom stereocenters. The molecule has 21 heavy (non-hydrogen) atoms. The predicted octanol–water partition coefficient (Wildman–Crippen LogP) is -0.461. The molecule has 2 rings (SSSR count). The minimum Gasteiger partial charge on any atom is -0.477 e. The van der Waals surface area contributed by atoms with Gasteiger partial charge in [0.2, 0.25) is 0 Å². The predicted molar refractivity (Wildman–Crippen MR) is 65.8 cm³/mol. The largest absolute Gasteiger partial charge is 0.477 e. The average Bonchev–Trinajstić information content (AvgIpc) is 2.39. The van der Waals surface area contributed by atoms with Crippen LogP contribution in [0, 0.1) is 0 Å². The molecular weight excluding hydrogens is 336 g/mol. The number of carboxylic acid groups (broad SMARTS) is 2. The molecule has 0 aliphatic heterocycles. The first kappa shape index (κ1) is 18.4. The zero-order valence-corrected chi connectivity index (χ0v) is 13.5. The van der Waals surface area contributed by atoms with E-state index in [0.29, 0.717) is 0 Å². The van der Waals surface area contributed by atoms with Gasteiger partial charge in [0.1, 0.15) is 11.4 Å². The van der Waals surface area contributed by atoms with Crippen molar-refractivity contribution in [1.82, 2.24) is 15.0 Å². The number of rotatable bonds is 2. The summed E-state index contributed by atoms with van der Waals surface area (Å²) in [6.07, 6.45) is 1.45. The molecule has 4 N–H and O–H groups in total. The maximum Gasteiger partial charge on any atom is 0.354 e. The zero-order chi connectivity index (χ0) is 15.1. The van der Waals surface area contributed by atoms with E-state index in [2.05, 4.69) is 4.98 Å². The van der Waals surface area contributed by atoms with E-state index in [9.17, 15) is 19.2 Å². The number of nitrogens with zero attached hydrogens (tertiary/aromatic N) is 1. The third-order valence-corrected chi connectivity index (χ3v) is 1.87. The standard InChI is InChI=1S/C6H5NO2.C5H4N2O4.Zn/c8-6(9)5-3-1-2-4-7-5;8-3-1-2(4(9)10)6-5(11)7-3;/h1-4H,(H,8,9);1H,(H,9,10)(H2,6,7,8,11);. The maximum absolute atomic E-state index is 10.5. The third-order valence-electron chi connectivity index (χ3n) is 1.87. The molecule has 106 valence electrons. The molecule has 0 bridgehead atoms. The molecule has 0 unspecified atom stereocenters. The van der Waals surface area contributed by atoms with Crippen molar-refractivity contribution < 1.29 is 39.3 Å². The van der Waals surface area contributed by atoms with Crippen molar-refractivity contribution in [1.29, 1.82) is 0 Å². The number of pyridine rings is 1. The summed E-state index contributed by atoms with van der Waals surface area (Å²) in [6, 6.07) is 5.55. The average molecular weight is 345 g/mol. The van der Waals surface area contributed by atoms with Crippen molar-refractivity contribution in [2.24, 2.45) is 0 Å². The van der Waals surface area contributed by atoms with Crippen molar-refractivity contribution in [2.45, 2.75) is 0 Å². The summed E-state index contributed by atoms with van der Waals surface area (Å²) < 4.78 is 0. The van der Waals surface area contributed by atoms with Gasteiger partial charge in [-0.25, -0.2) is 19.4 Å². The second-order valence-corrected chi connectivity index (χ2v) is 3.33. The van der Waals surface area contributed by atoms with Gasteiger partial charge >= 0.3 is 17.6 Å². The molecule has 10 heteroatoms. The van der Waals surface area contributed by atoms with Gasteiger partial charge in [-0.2, -0.15) is 0 Å². The molecular formula is C11H9N3O6Zn. The summed E-state index contributed by atoms with van der Waals surface area (Å²) in [7, 11) is 0. The second-order valence-electron chi connectivity index (χ2n) is 3.33. The molecule has 9 nitrogen and oxygen atoms in total. The molecule has 2 aromatic heterocycles. The van der Waals surface area contributed by atoms with Gasteiger partial charge in [0.15, 0.2) is 0 Å². The summed E-state index contributed by atoms with van der Waals surface area (Å²) in [5.74, 6) is -2.33. The van der Waals surface area contributed by atoms with Crippen molar-refractivity contribution in [3.8, 4) is 0 Å². The van der Waals surface area contributed by atoms with Crippen LogP contribution in [0.15, 0.2) is 40.1 Å². The Morgan fingerprint density at radius 3 is 2.10 bits per heavy atom. The number of hydrogen-bond donors (Lipinski definition) is 4. The van der Waals surface area contributed by atoms with Crippen molar-refractivity contribution in [2.75, 3.05) is 0 Å². The van der Waals surface area contributed by atoms with Crippen LogP contribution in [0.25, 0.3) is 0 Å². The molecule has 0 spiro atoms. The van der Waals surface area contributed by atoms with Gasteiger partial charge in [-0.1, -0.05) is 6.07 Å². The molecule has 0 amide bonds. The van der Waals surface area contributed by atoms with Crippen LogP contribution in [0.2, 0.25) is 0 Å². The number of H-pyrrole nitrogens is 2. The summed E-state index contributed by atoms with van der Waals surface area (Å²) in [5.41, 5.74) is -1.89. The van der Waals surface area contributed by atoms with Crippen LogP contribution in [0.5, 0.6) is 0 Å². The van der Waals surface area contributed by atoms with E-state index in [4.69, 9.17) is 10.2 Å². The zero-order valence-electron chi connectivity index (χ0n) is 10.6. The molecule has 0 saturated carbocycles. The normalized spacial score (nSPS) is 8.76. The molecule has 2 heterocycles. The number of carboxylic acids is 2. The van der Waals surface area contributed by atoms with E-state index in [1.54, 1.807) is 12.1 Å². The van der Waals surface area contributed by atoms with Crippen LogP contribution in [0.3, 0.4) is 0 Å². The van der Waals surface area contributed by atoms with Gasteiger partial charge in [-0.15, -0.1) is 0 Å². The number of aromatic amines is 2. The van der Waals surface area contributed by atoms with Crippen LogP contribution in [0.4, 0.5) is 0 Å². The number of aromatic nitrogens is 3. The topological polar surface area (TPSA) is 153 Å². The quantitative estimate of drug-likeness (QED) is 0.537. The van der Waals surface area contributed by atoms with Gasteiger partial charge in [0.25, 0.3) is 5.56 Å². The van der Waals surface area contributed by atoms with Crippen LogP contribution in [0.1, 0.15) is 21.0 Å². The van der Waals surface area contributed by atoms with E-state index in [1.807, 2.05) is 9.97 Å². The first-order valence-electron chi connectivity index (χ1n) is 5.11. The first-order chi connectivity index (χ1) is 9.40. The summed E-state index contributed by atoms with van der Waals surface area (Å²) in [4.78, 5) is 48.6. The van der Waals surface area contributed by atoms with Crippen LogP contribution < -0.4 is 11.2 Å². The summed E-state index contributed by atoms with van der Waals surface area (Å²) >= 11 is 0. The van der Waals surface area contributed by atoms with Crippen molar-refractivity contribution >= 4 is 11.9 Å². The Bertz CT molecular complexity index is 696. The van der Waals surface area contributed by atoms with Gasteiger partial charge in [-0.3, -0.25) is 9.78 Å². The van der Waals surface area contributed by atoms with Crippen LogP contribution >= 0.6 is 0 Å². The van der Waals surface area contributed by atoms with Crippen molar-refractivity contribution in [3.05, 3.63) is 62.7 Å². The second kappa shape index (κ2) is 8.54. The molecule has 0 aliphatic rings. The van der Waals surface area contributed by atoms with Crippen molar-refractivity contribution in [3.63, 3.8) is 0 Å².